The van der Waals surface area contributed by atoms with Crippen LogP contribution in [0.4, 0.5) is 4.39 Å². The van der Waals surface area contributed by atoms with Crippen LogP contribution >= 0.6 is 0 Å². The average molecular weight is 303 g/mol. The fraction of sp³-hybridized carbons (Fsp3) is 0.933. The highest BCUT2D eigenvalue weighted by atomic mass is 28.4. The zero-order chi connectivity index (χ0) is 15.5. The van der Waals surface area contributed by atoms with Gasteiger partial charge in [-0.1, -0.05) is 41.5 Å². The second kappa shape index (κ2) is 7.03. The average Bonchev–Trinajstić information content (AvgIpc) is 2.69. The van der Waals surface area contributed by atoms with Crippen LogP contribution in [0.2, 0.25) is 16.6 Å². The molecule has 1 aliphatic heterocycles. The summed E-state index contributed by atoms with van der Waals surface area (Å²) in [7, 11) is -1.93. The Bertz CT molecular complexity index is 312. The zero-order valence-electron chi connectivity index (χ0n) is 13.7. The van der Waals surface area contributed by atoms with Crippen LogP contribution in [-0.2, 0) is 9.22 Å². The van der Waals surface area contributed by atoms with Gasteiger partial charge in [-0.15, -0.1) is 0 Å². The van der Waals surface area contributed by atoms with Crippen molar-refractivity contribution in [3.8, 4) is 0 Å². The van der Waals surface area contributed by atoms with Gasteiger partial charge in [0.05, 0.1) is 19.3 Å². The summed E-state index contributed by atoms with van der Waals surface area (Å²) in [4.78, 5) is 11.4. The van der Waals surface area contributed by atoms with E-state index in [0.717, 1.165) is 0 Å². The number of nitrogens with one attached hydrogen (secondary N) is 1. The highest BCUT2D eigenvalue weighted by molar-refractivity contribution is 6.77. The van der Waals surface area contributed by atoms with Gasteiger partial charge in [0, 0.05) is 12.3 Å². The lowest BCUT2D eigenvalue weighted by Crippen LogP contribution is -2.50. The van der Waals surface area contributed by atoms with Crippen LogP contribution in [0, 0.1) is 5.92 Å². The van der Waals surface area contributed by atoms with E-state index in [1.807, 2.05) is 0 Å². The summed E-state index contributed by atoms with van der Waals surface area (Å²) < 4.78 is 19.4. The summed E-state index contributed by atoms with van der Waals surface area (Å²) in [5.74, 6) is -0.271. The topological polar surface area (TPSA) is 38.3 Å². The maximum atomic E-state index is 13.0. The van der Waals surface area contributed by atoms with E-state index in [0.29, 0.717) is 29.7 Å². The Kier molecular flexibility index (Phi) is 6.19. The molecule has 0 unspecified atom stereocenters. The predicted molar refractivity (Wildman–Crippen MR) is 83.0 cm³/mol. The standard InChI is InChI=1S/C15H30FNO2Si/c1-10(2)20(11(3)4,12(5)6)19-9-14-13(8-16)7-15(18)17-14/h10-14H,7-9H2,1-6H3,(H,17,18)/t13-,14-/m1/s1. The molecule has 1 aliphatic rings. The molecule has 1 amide bonds. The van der Waals surface area contributed by atoms with Gasteiger partial charge in [0.1, 0.15) is 0 Å². The minimum Gasteiger partial charge on any atom is -0.414 e. The normalized spacial score (nSPS) is 24.0. The van der Waals surface area contributed by atoms with Crippen molar-refractivity contribution in [1.82, 2.24) is 5.32 Å². The van der Waals surface area contributed by atoms with E-state index in [2.05, 4.69) is 46.9 Å². The summed E-state index contributed by atoms with van der Waals surface area (Å²) in [6.07, 6.45) is 0.296. The third-order valence-electron chi connectivity index (χ3n) is 4.78. The molecule has 0 spiro atoms. The molecule has 3 nitrogen and oxygen atoms in total. The molecule has 118 valence electrons. The molecule has 0 aromatic heterocycles. The van der Waals surface area contributed by atoms with Crippen molar-refractivity contribution in [2.24, 2.45) is 5.92 Å². The fourth-order valence-electron chi connectivity index (χ4n) is 3.84. The molecule has 0 aromatic rings. The van der Waals surface area contributed by atoms with Crippen molar-refractivity contribution in [3.63, 3.8) is 0 Å². The van der Waals surface area contributed by atoms with Crippen molar-refractivity contribution < 1.29 is 13.6 Å². The van der Waals surface area contributed by atoms with E-state index in [1.54, 1.807) is 0 Å². The Morgan fingerprint density at radius 1 is 1.20 bits per heavy atom. The molecule has 5 heteroatoms. The first-order valence-electron chi connectivity index (χ1n) is 7.74. The second-order valence-electron chi connectivity index (χ2n) is 6.92. The van der Waals surface area contributed by atoms with Crippen LogP contribution < -0.4 is 5.32 Å². The number of alkyl halides is 1. The van der Waals surface area contributed by atoms with Crippen LogP contribution in [-0.4, -0.2) is 33.5 Å². The van der Waals surface area contributed by atoms with Crippen molar-refractivity contribution in [3.05, 3.63) is 0 Å². The van der Waals surface area contributed by atoms with Crippen LogP contribution in [0.3, 0.4) is 0 Å². The maximum absolute atomic E-state index is 13.0. The largest absolute Gasteiger partial charge is 0.414 e. The number of rotatable bonds is 7. The lowest BCUT2D eigenvalue weighted by molar-refractivity contribution is -0.119. The molecule has 1 N–H and O–H groups in total. The molecule has 0 saturated carbocycles. The van der Waals surface area contributed by atoms with E-state index in [4.69, 9.17) is 4.43 Å². The Morgan fingerprint density at radius 3 is 2.10 bits per heavy atom. The Hall–Kier alpha value is -0.423. The summed E-state index contributed by atoms with van der Waals surface area (Å²) in [6, 6.07) is -0.157. The van der Waals surface area contributed by atoms with Crippen LogP contribution in [0.5, 0.6) is 0 Å². The third kappa shape index (κ3) is 3.42. The second-order valence-corrected chi connectivity index (χ2v) is 12.4. The molecule has 2 atom stereocenters. The lowest BCUT2D eigenvalue weighted by atomic mass is 10.0. The van der Waals surface area contributed by atoms with Crippen molar-refractivity contribution in [2.45, 2.75) is 70.6 Å². The van der Waals surface area contributed by atoms with Gasteiger partial charge in [0.25, 0.3) is 0 Å². The Labute approximate surface area is 123 Å². The van der Waals surface area contributed by atoms with Crippen LogP contribution in [0.25, 0.3) is 0 Å². The first-order chi connectivity index (χ1) is 9.25. The van der Waals surface area contributed by atoms with E-state index in [1.165, 1.54) is 0 Å². The lowest BCUT2D eigenvalue weighted by Gasteiger charge is -2.43. The SMILES string of the molecule is CC(C)[Si](OC[C@H]1NC(=O)C[C@@H]1CF)(C(C)C)C(C)C. The van der Waals surface area contributed by atoms with Gasteiger partial charge < -0.3 is 9.74 Å². The van der Waals surface area contributed by atoms with Gasteiger partial charge in [0.2, 0.25) is 5.91 Å². The number of carbonyl (C=O) groups excluding carboxylic acids is 1. The van der Waals surface area contributed by atoms with Gasteiger partial charge in [-0.2, -0.15) is 0 Å². The summed E-state index contributed by atoms with van der Waals surface area (Å²) in [5.41, 5.74) is 1.51. The fourth-order valence-corrected chi connectivity index (χ4v) is 9.31. The van der Waals surface area contributed by atoms with E-state index < -0.39 is 15.0 Å². The van der Waals surface area contributed by atoms with E-state index in [-0.39, 0.29) is 17.9 Å². The molecule has 0 radical (unpaired) electrons. The maximum Gasteiger partial charge on any atom is 0.220 e. The molecule has 1 heterocycles. The first-order valence-corrected chi connectivity index (χ1v) is 9.88. The van der Waals surface area contributed by atoms with E-state index >= 15 is 0 Å². The minimum absolute atomic E-state index is 0.0489. The zero-order valence-corrected chi connectivity index (χ0v) is 14.7. The highest BCUT2D eigenvalue weighted by Crippen LogP contribution is 2.42. The van der Waals surface area contributed by atoms with Crippen molar-refractivity contribution >= 4 is 14.2 Å². The number of carbonyl (C=O) groups is 1. The third-order valence-corrected chi connectivity index (χ3v) is 10.9. The predicted octanol–water partition coefficient (Wildman–Crippen LogP) is 3.65. The molecule has 0 aromatic carbocycles. The summed E-state index contributed by atoms with van der Waals surface area (Å²) in [6.45, 7) is 13.4. The van der Waals surface area contributed by atoms with Crippen LogP contribution in [0.15, 0.2) is 0 Å². The number of halogens is 1. The van der Waals surface area contributed by atoms with Gasteiger partial charge in [-0.25, -0.2) is 0 Å². The number of hydrogen-bond acceptors (Lipinski definition) is 2. The summed E-state index contributed by atoms with van der Waals surface area (Å²) >= 11 is 0. The number of amides is 1. The molecule has 0 aliphatic carbocycles. The summed E-state index contributed by atoms with van der Waals surface area (Å²) in [5, 5.41) is 2.86. The van der Waals surface area contributed by atoms with Crippen LogP contribution in [0.1, 0.15) is 48.0 Å². The van der Waals surface area contributed by atoms with Gasteiger partial charge in [-0.3, -0.25) is 9.18 Å². The first kappa shape index (κ1) is 17.6. The van der Waals surface area contributed by atoms with Crippen molar-refractivity contribution in [2.75, 3.05) is 13.3 Å². The molecule has 0 bridgehead atoms. The smallest absolute Gasteiger partial charge is 0.220 e. The quantitative estimate of drug-likeness (QED) is 0.729. The molecular formula is C15H30FNO2Si. The molecule has 1 rings (SSSR count). The Balaban J connectivity index is 2.79. The molecule has 20 heavy (non-hydrogen) atoms. The van der Waals surface area contributed by atoms with Gasteiger partial charge >= 0.3 is 0 Å². The van der Waals surface area contributed by atoms with Gasteiger partial charge in [-0.05, 0) is 16.6 Å². The van der Waals surface area contributed by atoms with E-state index in [9.17, 15) is 9.18 Å². The Morgan fingerprint density at radius 2 is 1.70 bits per heavy atom. The minimum atomic E-state index is -1.93. The molecule has 1 saturated heterocycles. The highest BCUT2D eigenvalue weighted by Gasteiger charge is 2.46. The monoisotopic (exact) mass is 303 g/mol. The molecule has 1 fully saturated rings. The molecular weight excluding hydrogens is 273 g/mol. The number of hydrogen-bond donors (Lipinski definition) is 1. The van der Waals surface area contributed by atoms with Crippen molar-refractivity contribution in [1.29, 1.82) is 0 Å². The van der Waals surface area contributed by atoms with Gasteiger partial charge in [0.15, 0.2) is 8.32 Å².